The van der Waals surface area contributed by atoms with E-state index in [1.54, 1.807) is 6.92 Å². The van der Waals surface area contributed by atoms with Crippen molar-refractivity contribution < 1.29 is 80.5 Å². The van der Waals surface area contributed by atoms with Crippen molar-refractivity contribution in [2.75, 3.05) is 37.8 Å². The summed E-state index contributed by atoms with van der Waals surface area (Å²) >= 11 is 1.07. The molecule has 1 fully saturated rings. The summed E-state index contributed by atoms with van der Waals surface area (Å²) < 4.78 is 61.9. The molecule has 10 N–H and O–H groups in total. The lowest BCUT2D eigenvalue weighted by Crippen LogP contribution is -2.46. The van der Waals surface area contributed by atoms with E-state index in [9.17, 15) is 57.9 Å². The highest BCUT2D eigenvalue weighted by atomic mass is 32.2. The van der Waals surface area contributed by atoms with Crippen molar-refractivity contribution in [1.82, 2.24) is 30.2 Å². The Morgan fingerprint density at radius 3 is 2.38 bits per heavy atom. The average molecular weight is 836 g/mol. The number of fused-ring (bicyclic) bond motifs is 1. The number of hydrogen-bond acceptors (Lipinski definition) is 18. The lowest BCUT2D eigenvalue weighted by atomic mass is 9.87. The van der Waals surface area contributed by atoms with E-state index in [-0.39, 0.29) is 49.0 Å². The number of ether oxygens (including phenoxy) is 1. The maximum absolute atomic E-state index is 12.6. The van der Waals surface area contributed by atoms with Gasteiger partial charge < -0.3 is 50.9 Å². The first-order valence-corrected chi connectivity index (χ1v) is 20.6. The molecule has 0 spiro atoms. The van der Waals surface area contributed by atoms with Crippen LogP contribution in [0.15, 0.2) is 12.7 Å². The molecular formula is C25H40N7O17P3S. The van der Waals surface area contributed by atoms with E-state index in [2.05, 4.69) is 34.4 Å². The van der Waals surface area contributed by atoms with E-state index in [0.29, 0.717) is 12.2 Å². The molecule has 2 amide bonds. The van der Waals surface area contributed by atoms with Crippen LogP contribution in [0.3, 0.4) is 0 Å². The van der Waals surface area contributed by atoms with Crippen LogP contribution in [0, 0.1) is 12.8 Å². The summed E-state index contributed by atoms with van der Waals surface area (Å²) in [7, 11) is -16.4. The Morgan fingerprint density at radius 1 is 1.08 bits per heavy atom. The molecule has 1 aliphatic heterocycles. The number of aliphatic hydroxyl groups excluding tert-OH is 2. The summed E-state index contributed by atoms with van der Waals surface area (Å²) in [6.45, 7) is 2.24. The number of rotatable bonds is 20. The topological polar surface area (TPSA) is 364 Å². The second kappa shape index (κ2) is 19.4. The molecule has 0 saturated carbocycles. The largest absolute Gasteiger partial charge is 0.481 e. The minimum absolute atomic E-state index is 0. The third kappa shape index (κ3) is 14.0. The molecule has 28 heteroatoms. The Morgan fingerprint density at radius 2 is 1.74 bits per heavy atom. The molecule has 0 aromatic carbocycles. The van der Waals surface area contributed by atoms with Crippen LogP contribution in [0.25, 0.3) is 11.2 Å². The maximum atomic E-state index is 12.6. The number of amides is 2. The van der Waals surface area contributed by atoms with Crippen molar-refractivity contribution >= 4 is 69.1 Å². The van der Waals surface area contributed by atoms with Gasteiger partial charge in [0.15, 0.2) is 22.8 Å². The highest BCUT2D eigenvalue weighted by molar-refractivity contribution is 8.13. The number of anilines is 1. The minimum atomic E-state index is -5.56. The molecule has 4 radical (unpaired) electrons. The van der Waals surface area contributed by atoms with Crippen molar-refractivity contribution in [2.45, 2.75) is 64.3 Å². The number of carbonyl (C=O) groups excluding carboxylic acids is 3. The zero-order valence-electron chi connectivity index (χ0n) is 28.3. The molecule has 0 bridgehead atoms. The molecule has 1 aliphatic rings. The smallest absolute Gasteiger partial charge is 0.386 e. The van der Waals surface area contributed by atoms with E-state index in [0.717, 1.165) is 29.0 Å². The Labute approximate surface area is 307 Å². The van der Waals surface area contributed by atoms with E-state index in [1.165, 1.54) is 13.8 Å². The SMILES string of the molecule is CCC(=O)SCCNC(=O)CCNC(=O)[C@H](O)C(C)(C)COP(=O)(O)OP(=O)(O)OC[C@H]1O[C@@H](n2cnc3c(N)ncnc32)[C@H](O)[C@@H]1OP(=O)(O)O.[C]. The van der Waals surface area contributed by atoms with Gasteiger partial charge in [-0.05, 0) is 0 Å². The number of hydrogen-bond donors (Lipinski definition) is 9. The number of nitrogens with zero attached hydrogens (tertiary/aromatic N) is 4. The summed E-state index contributed by atoms with van der Waals surface area (Å²) in [5.74, 6) is -1.07. The van der Waals surface area contributed by atoms with Crippen molar-refractivity contribution in [3.63, 3.8) is 0 Å². The first-order chi connectivity index (χ1) is 24.1. The van der Waals surface area contributed by atoms with Gasteiger partial charge in [-0.1, -0.05) is 32.5 Å². The van der Waals surface area contributed by atoms with Crippen LogP contribution >= 0.6 is 35.2 Å². The van der Waals surface area contributed by atoms with Gasteiger partial charge in [0.2, 0.25) is 11.8 Å². The van der Waals surface area contributed by atoms with Gasteiger partial charge in [-0.25, -0.2) is 28.6 Å². The van der Waals surface area contributed by atoms with Gasteiger partial charge in [0.05, 0.1) is 19.5 Å². The monoisotopic (exact) mass is 835 g/mol. The molecule has 298 valence electrons. The fraction of sp³-hybridized carbons (Fsp3) is 0.640. The predicted molar refractivity (Wildman–Crippen MR) is 181 cm³/mol. The molecule has 24 nitrogen and oxygen atoms in total. The average Bonchev–Trinajstić information content (AvgIpc) is 3.60. The predicted octanol–water partition coefficient (Wildman–Crippen LogP) is -0.844. The lowest BCUT2D eigenvalue weighted by molar-refractivity contribution is -0.137. The van der Waals surface area contributed by atoms with Crippen LogP contribution < -0.4 is 16.4 Å². The second-order valence-corrected chi connectivity index (χ2v) is 17.0. The number of nitrogen functional groups attached to an aromatic ring is 1. The minimum Gasteiger partial charge on any atom is -0.386 e. The summed E-state index contributed by atoms with van der Waals surface area (Å²) in [5.41, 5.74) is 4.26. The van der Waals surface area contributed by atoms with Crippen LogP contribution in [-0.4, -0.2) is 123 Å². The number of imidazole rings is 1. The van der Waals surface area contributed by atoms with Crippen LogP contribution in [0.2, 0.25) is 0 Å². The highest BCUT2D eigenvalue weighted by Gasteiger charge is 2.50. The number of aliphatic hydroxyl groups is 2. The number of thioether (sulfide) groups is 1. The molecule has 2 aromatic rings. The fourth-order valence-electron chi connectivity index (χ4n) is 4.40. The molecule has 3 rings (SSSR count). The van der Waals surface area contributed by atoms with Gasteiger partial charge in [0, 0.05) is 44.5 Å². The fourth-order valence-corrected chi connectivity index (χ4v) is 7.86. The zero-order chi connectivity index (χ0) is 39.1. The first-order valence-electron chi connectivity index (χ1n) is 15.1. The van der Waals surface area contributed by atoms with E-state index in [1.807, 2.05) is 0 Å². The number of aromatic nitrogens is 4. The first kappa shape index (κ1) is 46.7. The molecule has 7 atom stereocenters. The quantitative estimate of drug-likeness (QED) is 0.0579. The van der Waals surface area contributed by atoms with E-state index >= 15 is 0 Å². The molecule has 0 aliphatic carbocycles. The lowest BCUT2D eigenvalue weighted by Gasteiger charge is -2.30. The Hall–Kier alpha value is -2.44. The maximum Gasteiger partial charge on any atom is 0.481 e. The Balaban J connectivity index is 0.00000972. The second-order valence-electron chi connectivity index (χ2n) is 11.6. The van der Waals surface area contributed by atoms with Gasteiger partial charge >= 0.3 is 23.5 Å². The van der Waals surface area contributed by atoms with Crippen molar-refractivity contribution in [2.24, 2.45) is 5.41 Å². The number of phosphoric acid groups is 3. The summed E-state index contributed by atoms with van der Waals surface area (Å²) in [6.07, 6.45) is -6.52. The molecule has 53 heavy (non-hydrogen) atoms. The van der Waals surface area contributed by atoms with Crippen LogP contribution in [0.1, 0.15) is 39.8 Å². The van der Waals surface area contributed by atoms with Crippen LogP contribution in [0.5, 0.6) is 0 Å². The van der Waals surface area contributed by atoms with E-state index in [4.69, 9.17) is 19.5 Å². The highest BCUT2D eigenvalue weighted by Crippen LogP contribution is 2.61. The van der Waals surface area contributed by atoms with Crippen molar-refractivity contribution in [3.8, 4) is 0 Å². The van der Waals surface area contributed by atoms with Crippen LogP contribution in [0.4, 0.5) is 5.82 Å². The number of nitrogens with two attached hydrogens (primary N) is 1. The summed E-state index contributed by atoms with van der Waals surface area (Å²) in [6, 6.07) is 0. The van der Waals surface area contributed by atoms with Gasteiger partial charge in [-0.3, -0.25) is 32.5 Å². The normalized spacial score (nSPS) is 22.0. The third-order valence-corrected chi connectivity index (χ3v) is 11.2. The molecule has 1 saturated heterocycles. The van der Waals surface area contributed by atoms with Gasteiger partial charge in [0.25, 0.3) is 0 Å². The molecule has 2 aromatic heterocycles. The van der Waals surface area contributed by atoms with Gasteiger partial charge in [-0.2, -0.15) is 4.31 Å². The van der Waals surface area contributed by atoms with Crippen molar-refractivity contribution in [3.05, 3.63) is 20.1 Å². The van der Waals surface area contributed by atoms with Gasteiger partial charge in [-0.15, -0.1) is 0 Å². The number of carbonyl (C=O) groups is 3. The molecular weight excluding hydrogens is 795 g/mol. The number of phosphoric ester groups is 3. The molecule has 3 heterocycles. The summed E-state index contributed by atoms with van der Waals surface area (Å²) in [5, 5.41) is 26.2. The Bertz CT molecular complexity index is 1730. The number of nitrogens with one attached hydrogen (secondary N) is 2. The third-order valence-electron chi connectivity index (χ3n) is 7.05. The van der Waals surface area contributed by atoms with E-state index < -0.39 is 84.6 Å². The standard InChI is InChI=1S/C24H40N7O17P3S.C/c1-4-15(33)52-8-7-26-14(32)5-6-27-22(36)19(35)24(2,3)10-45-51(42,43)48-50(40,41)44-9-13-18(47-49(37,38)39)17(34)23(46-13)31-12-30-16-20(25)28-11-29-21(16)31;/h11-13,17-19,23,34-35H,4-10H2,1-3H3,(H,26,32)(H,27,36)(H,40,41)(H,42,43)(H2,25,28,29)(H2,37,38,39);/t13-,17-,18-,19+,23-;/m1./s1. The summed E-state index contributed by atoms with van der Waals surface area (Å²) in [4.78, 5) is 86.4. The zero-order valence-corrected chi connectivity index (χ0v) is 31.8. The van der Waals surface area contributed by atoms with Crippen molar-refractivity contribution in [1.29, 1.82) is 0 Å². The Kier molecular flexibility index (Phi) is 17.1. The van der Waals surface area contributed by atoms with Crippen LogP contribution in [-0.2, 0) is 50.7 Å². The van der Waals surface area contributed by atoms with Gasteiger partial charge in [0.1, 0.15) is 36.3 Å². The molecule has 2 unspecified atom stereocenters.